The van der Waals surface area contributed by atoms with Gasteiger partial charge in [0.1, 0.15) is 10.9 Å². The molecule has 0 saturated heterocycles. The number of hydrogen-bond donors (Lipinski definition) is 0. The maximum absolute atomic E-state index is 7.74. The van der Waals surface area contributed by atoms with Crippen LogP contribution in [0.5, 0.6) is 11.6 Å². The van der Waals surface area contributed by atoms with Crippen LogP contribution in [0.4, 0.5) is 0 Å². The van der Waals surface area contributed by atoms with Gasteiger partial charge in [0.25, 0.3) is 0 Å². The number of rotatable bonds is 9. The number of halogens is 2. The normalized spacial score (nSPS) is 26.5. The smallest absolute Gasteiger partial charge is 0.224 e. The van der Waals surface area contributed by atoms with Gasteiger partial charge in [-0.1, -0.05) is 86.4 Å². The van der Waals surface area contributed by atoms with Gasteiger partial charge < -0.3 is 23.2 Å². The molecule has 10 heteroatoms. The highest BCUT2D eigenvalue weighted by molar-refractivity contribution is 6.74. The van der Waals surface area contributed by atoms with Crippen molar-refractivity contribution in [3.05, 3.63) is 87.5 Å². The van der Waals surface area contributed by atoms with Gasteiger partial charge in [-0.25, -0.2) is 4.98 Å². The lowest BCUT2D eigenvalue weighted by atomic mass is 9.71. The Labute approximate surface area is 281 Å². The van der Waals surface area contributed by atoms with E-state index in [0.717, 1.165) is 23.2 Å². The van der Waals surface area contributed by atoms with Crippen LogP contribution in [0.25, 0.3) is 0 Å². The SMILES string of the molecule is COc1nc(Cl)cc2c1[C@]1(O[Si](C)(C)C)[C@H](O[Si](C)(C)C(C)(C)C)[C@H](CN(C)C)[C@@H](c3ccccc3)[C@]1(c1ccc(Cl)cc1)O2. The Kier molecular flexibility index (Phi) is 9.14. The molecule has 6 nitrogen and oxygen atoms in total. The molecule has 1 aromatic heterocycles. The van der Waals surface area contributed by atoms with E-state index in [1.54, 1.807) is 13.2 Å². The molecule has 2 heterocycles. The van der Waals surface area contributed by atoms with E-state index in [-0.39, 0.29) is 16.9 Å². The minimum atomic E-state index is -2.43. The van der Waals surface area contributed by atoms with Crippen molar-refractivity contribution in [2.75, 3.05) is 27.7 Å². The third-order valence-electron chi connectivity index (χ3n) is 9.66. The fraction of sp³-hybridized carbons (Fsp3) is 0.514. The molecule has 2 aromatic carbocycles. The molecule has 2 aliphatic rings. The lowest BCUT2D eigenvalue weighted by Crippen LogP contribution is -2.60. The van der Waals surface area contributed by atoms with E-state index < -0.39 is 33.9 Å². The molecular weight excluding hydrogens is 639 g/mol. The topological polar surface area (TPSA) is 53.0 Å². The Balaban J connectivity index is 2.01. The molecular formula is C35H48Cl2N2O4Si2. The summed E-state index contributed by atoms with van der Waals surface area (Å²) in [7, 11) is 1.06. The van der Waals surface area contributed by atoms with Crippen molar-refractivity contribution in [1.82, 2.24) is 9.88 Å². The molecule has 1 saturated carbocycles. The molecule has 244 valence electrons. The number of nitrogens with zero attached hydrogens (tertiary/aromatic N) is 2. The molecule has 0 N–H and O–H groups in total. The van der Waals surface area contributed by atoms with Gasteiger partial charge in [-0.15, -0.1) is 0 Å². The first-order chi connectivity index (χ1) is 20.9. The van der Waals surface area contributed by atoms with Crippen LogP contribution >= 0.6 is 23.2 Å². The quantitative estimate of drug-likeness (QED) is 0.165. The summed E-state index contributed by atoms with van der Waals surface area (Å²) >= 11 is 13.2. The van der Waals surface area contributed by atoms with E-state index in [1.807, 2.05) is 12.1 Å². The Morgan fingerprint density at radius 3 is 2.11 bits per heavy atom. The molecule has 5 atom stereocenters. The second-order valence-electron chi connectivity index (χ2n) is 15.2. The third kappa shape index (κ3) is 5.79. The Bertz CT molecular complexity index is 1530. The number of pyridine rings is 1. The first-order valence-corrected chi connectivity index (χ1v) is 22.7. The second kappa shape index (κ2) is 12.0. The molecule has 3 aromatic rings. The van der Waals surface area contributed by atoms with Crippen LogP contribution in [-0.2, 0) is 20.1 Å². The molecule has 5 rings (SSSR count). The summed E-state index contributed by atoms with van der Waals surface area (Å²) in [6.07, 6.45) is -0.425. The predicted molar refractivity (Wildman–Crippen MR) is 189 cm³/mol. The predicted octanol–water partition coefficient (Wildman–Crippen LogP) is 9.10. The summed E-state index contributed by atoms with van der Waals surface area (Å²) in [5, 5.41) is 0.884. The zero-order valence-corrected chi connectivity index (χ0v) is 32.0. The lowest BCUT2D eigenvalue weighted by Gasteiger charge is -2.49. The second-order valence-corrected chi connectivity index (χ2v) is 25.2. The summed E-state index contributed by atoms with van der Waals surface area (Å²) < 4.78 is 29.0. The van der Waals surface area contributed by atoms with Crippen LogP contribution in [0.3, 0.4) is 0 Å². The number of fused-ring (bicyclic) bond motifs is 3. The van der Waals surface area contributed by atoms with E-state index >= 15 is 0 Å². The highest BCUT2D eigenvalue weighted by Gasteiger charge is 2.79. The first-order valence-electron chi connectivity index (χ1n) is 15.7. The lowest BCUT2D eigenvalue weighted by molar-refractivity contribution is -0.135. The molecule has 0 spiro atoms. The average molecular weight is 688 g/mol. The van der Waals surface area contributed by atoms with E-state index in [0.29, 0.717) is 21.8 Å². The summed E-state index contributed by atoms with van der Waals surface area (Å²) in [5.41, 5.74) is 0.654. The van der Waals surface area contributed by atoms with Crippen molar-refractivity contribution in [1.29, 1.82) is 0 Å². The van der Waals surface area contributed by atoms with Gasteiger partial charge in [0.2, 0.25) is 5.88 Å². The number of aromatic nitrogens is 1. The highest BCUT2D eigenvalue weighted by atomic mass is 35.5. The van der Waals surface area contributed by atoms with Gasteiger partial charge in [0, 0.05) is 29.5 Å². The summed E-state index contributed by atoms with van der Waals surface area (Å²) in [6.45, 7) is 18.9. The largest absolute Gasteiger partial charge is 0.481 e. The molecule has 1 aliphatic carbocycles. The minimum absolute atomic E-state index is 0.0444. The number of ether oxygens (including phenoxy) is 2. The summed E-state index contributed by atoms with van der Waals surface area (Å²) in [6, 6.07) is 20.5. The Hall–Kier alpha value is -1.92. The first kappa shape index (κ1) is 34.4. The zero-order chi connectivity index (χ0) is 33.2. The van der Waals surface area contributed by atoms with E-state index in [9.17, 15) is 0 Å². The van der Waals surface area contributed by atoms with Crippen molar-refractivity contribution in [2.45, 2.75) is 81.8 Å². The molecule has 1 aliphatic heterocycles. The maximum Gasteiger partial charge on any atom is 0.224 e. The van der Waals surface area contributed by atoms with Crippen molar-refractivity contribution in [3.63, 3.8) is 0 Å². The fourth-order valence-corrected chi connectivity index (χ4v) is 10.1. The van der Waals surface area contributed by atoms with Gasteiger partial charge in [-0.05, 0) is 75.1 Å². The third-order valence-corrected chi connectivity index (χ3v) is 15.5. The van der Waals surface area contributed by atoms with Crippen LogP contribution in [0.1, 0.15) is 43.4 Å². The number of methoxy groups -OCH3 is 1. The van der Waals surface area contributed by atoms with E-state index in [4.69, 9.17) is 46.5 Å². The van der Waals surface area contributed by atoms with Crippen LogP contribution in [0.2, 0.25) is 47.9 Å². The molecule has 0 amide bonds. The maximum atomic E-state index is 7.74. The molecule has 45 heavy (non-hydrogen) atoms. The Morgan fingerprint density at radius 1 is 0.956 bits per heavy atom. The van der Waals surface area contributed by atoms with Gasteiger partial charge in [0.05, 0.1) is 18.8 Å². The van der Waals surface area contributed by atoms with Gasteiger partial charge in [-0.3, -0.25) is 0 Å². The van der Waals surface area contributed by atoms with Gasteiger partial charge in [0.15, 0.2) is 27.8 Å². The molecule has 1 fully saturated rings. The Morgan fingerprint density at radius 2 is 1.58 bits per heavy atom. The zero-order valence-electron chi connectivity index (χ0n) is 28.5. The summed E-state index contributed by atoms with van der Waals surface area (Å²) in [4.78, 5) is 6.97. The van der Waals surface area contributed by atoms with Crippen LogP contribution in [-0.4, -0.2) is 60.4 Å². The average Bonchev–Trinajstić information content (AvgIpc) is 3.30. The molecule has 0 radical (unpaired) electrons. The number of benzene rings is 2. The molecule has 0 bridgehead atoms. The number of hydrogen-bond acceptors (Lipinski definition) is 6. The van der Waals surface area contributed by atoms with E-state index in [2.05, 4.69) is 115 Å². The van der Waals surface area contributed by atoms with Crippen LogP contribution < -0.4 is 9.47 Å². The van der Waals surface area contributed by atoms with Crippen LogP contribution in [0, 0.1) is 5.92 Å². The van der Waals surface area contributed by atoms with Gasteiger partial charge in [-0.2, -0.15) is 0 Å². The van der Waals surface area contributed by atoms with Crippen LogP contribution in [0.15, 0.2) is 60.7 Å². The van der Waals surface area contributed by atoms with Crippen molar-refractivity contribution in [3.8, 4) is 11.6 Å². The van der Waals surface area contributed by atoms with Crippen molar-refractivity contribution >= 4 is 39.8 Å². The van der Waals surface area contributed by atoms with Crippen molar-refractivity contribution < 1.29 is 18.3 Å². The highest BCUT2D eigenvalue weighted by Crippen LogP contribution is 2.73. The molecule has 0 unspecified atom stereocenters. The van der Waals surface area contributed by atoms with Crippen molar-refractivity contribution in [2.24, 2.45) is 5.92 Å². The van der Waals surface area contributed by atoms with Gasteiger partial charge >= 0.3 is 0 Å². The fourth-order valence-electron chi connectivity index (χ4n) is 7.15. The van der Waals surface area contributed by atoms with E-state index in [1.165, 1.54) is 0 Å². The standard InChI is InChI=1S/C35H48Cl2N2O4Si2/c1-33(2,3)45(10,11)42-31-26(22-39(4)5)29(23-15-13-12-14-16-23)34(24-17-19-25(36)20-18-24)35(31,43-44(7,8)9)30-27(41-34)21-28(37)38-32(30)40-6/h12-21,26,29,31H,22H2,1-11H3/t26-,29-,31-,34+,35+/m1/s1. The minimum Gasteiger partial charge on any atom is -0.481 e. The summed E-state index contributed by atoms with van der Waals surface area (Å²) in [5.74, 6) is 0.766. The monoisotopic (exact) mass is 686 g/mol.